The highest BCUT2D eigenvalue weighted by atomic mass is 16.5. The van der Waals surface area contributed by atoms with Crippen LogP contribution in [0.25, 0.3) is 0 Å². The van der Waals surface area contributed by atoms with Crippen molar-refractivity contribution in [2.75, 3.05) is 47.1 Å². The molecule has 1 aliphatic heterocycles. The number of amides is 1. The van der Waals surface area contributed by atoms with Crippen molar-refractivity contribution in [2.45, 2.75) is 64.6 Å². The second kappa shape index (κ2) is 14.5. The SMILES string of the molecule is COCCCOc1cc(CC(C[C@H](N)[C@@H](O)CN2CC[C@H](NC(C)=O)C2)C(C)C)ccc1OC. The monoisotopic (exact) mass is 479 g/mol. The van der Waals surface area contributed by atoms with E-state index in [1.54, 1.807) is 21.1 Å². The lowest BCUT2D eigenvalue weighted by Crippen LogP contribution is -2.45. The quantitative estimate of drug-likeness (QED) is 0.331. The molecule has 1 unspecified atom stereocenters. The summed E-state index contributed by atoms with van der Waals surface area (Å²) in [5.41, 5.74) is 7.64. The maximum atomic E-state index is 11.3. The van der Waals surface area contributed by atoms with Crippen LogP contribution in [0, 0.1) is 11.8 Å². The summed E-state index contributed by atoms with van der Waals surface area (Å²) in [6.45, 7) is 9.32. The smallest absolute Gasteiger partial charge is 0.217 e. The van der Waals surface area contributed by atoms with E-state index in [0.29, 0.717) is 31.6 Å². The Morgan fingerprint density at radius 2 is 2.03 bits per heavy atom. The average molecular weight is 480 g/mol. The lowest BCUT2D eigenvalue weighted by Gasteiger charge is -2.29. The van der Waals surface area contributed by atoms with Crippen molar-refractivity contribution < 1.29 is 24.1 Å². The number of β-amino-alcohol motifs (C(OH)–C–C–N with tert-alkyl or cyclic N) is 1. The predicted octanol–water partition coefficient (Wildman–Crippen LogP) is 2.21. The van der Waals surface area contributed by atoms with Gasteiger partial charge in [-0.15, -0.1) is 0 Å². The molecule has 1 heterocycles. The zero-order chi connectivity index (χ0) is 25.1. The number of hydrogen-bond donors (Lipinski definition) is 3. The van der Waals surface area contributed by atoms with E-state index in [4.69, 9.17) is 19.9 Å². The van der Waals surface area contributed by atoms with E-state index >= 15 is 0 Å². The Bertz CT molecular complexity index is 745. The van der Waals surface area contributed by atoms with Crippen LogP contribution < -0.4 is 20.5 Å². The summed E-state index contributed by atoms with van der Waals surface area (Å²) in [5.74, 6) is 2.20. The first-order valence-electron chi connectivity index (χ1n) is 12.4. The van der Waals surface area contributed by atoms with Gasteiger partial charge in [0.25, 0.3) is 0 Å². The fourth-order valence-electron chi connectivity index (χ4n) is 4.55. The van der Waals surface area contributed by atoms with Crippen LogP contribution in [-0.2, 0) is 16.0 Å². The van der Waals surface area contributed by atoms with Gasteiger partial charge in [-0.2, -0.15) is 0 Å². The molecule has 8 heteroatoms. The molecule has 1 aromatic rings. The largest absolute Gasteiger partial charge is 0.493 e. The van der Waals surface area contributed by atoms with Gasteiger partial charge >= 0.3 is 0 Å². The van der Waals surface area contributed by atoms with Gasteiger partial charge in [0.05, 0.1) is 19.8 Å². The van der Waals surface area contributed by atoms with E-state index in [0.717, 1.165) is 50.3 Å². The molecule has 1 aromatic carbocycles. The zero-order valence-electron chi connectivity index (χ0n) is 21.6. The number of hydrogen-bond acceptors (Lipinski definition) is 7. The standard InChI is InChI=1S/C26H45N3O5/c1-18(2)21(13-20-7-8-25(33-5)26(14-20)34-12-6-11-32-4)15-23(27)24(31)17-29-10-9-22(16-29)28-19(3)30/h7-8,14,18,21-24,31H,6,9-13,15-17,27H2,1-5H3,(H,28,30)/t21?,22-,23-,24-/m0/s1. The summed E-state index contributed by atoms with van der Waals surface area (Å²) < 4.78 is 16.5. The first-order chi connectivity index (χ1) is 16.2. The van der Waals surface area contributed by atoms with Crippen LogP contribution in [-0.4, -0.2) is 81.2 Å². The van der Waals surface area contributed by atoms with Gasteiger partial charge in [-0.3, -0.25) is 9.69 Å². The number of aliphatic hydroxyl groups excluding tert-OH is 1. The van der Waals surface area contributed by atoms with Crippen molar-refractivity contribution in [3.8, 4) is 11.5 Å². The number of carbonyl (C=O) groups is 1. The number of methoxy groups -OCH3 is 2. The molecule has 2 rings (SSSR count). The minimum Gasteiger partial charge on any atom is -0.493 e. The molecule has 0 aliphatic carbocycles. The van der Waals surface area contributed by atoms with Crippen LogP contribution >= 0.6 is 0 Å². The summed E-state index contributed by atoms with van der Waals surface area (Å²) in [6.07, 6.45) is 2.70. The van der Waals surface area contributed by atoms with Crippen molar-refractivity contribution in [1.82, 2.24) is 10.2 Å². The molecule has 0 radical (unpaired) electrons. The van der Waals surface area contributed by atoms with Gasteiger partial charge in [-0.05, 0) is 48.8 Å². The molecule has 4 N–H and O–H groups in total. The molecule has 0 aromatic heterocycles. The third kappa shape index (κ3) is 9.41. The normalized spacial score (nSPS) is 19.1. The Morgan fingerprint density at radius 1 is 1.26 bits per heavy atom. The third-order valence-electron chi connectivity index (χ3n) is 6.61. The Kier molecular flexibility index (Phi) is 12.1. The lowest BCUT2D eigenvalue weighted by atomic mass is 9.83. The van der Waals surface area contributed by atoms with Crippen LogP contribution in [0.4, 0.5) is 0 Å². The Morgan fingerprint density at radius 3 is 2.68 bits per heavy atom. The van der Waals surface area contributed by atoms with Crippen LogP contribution in [0.3, 0.4) is 0 Å². The van der Waals surface area contributed by atoms with Crippen molar-refractivity contribution >= 4 is 5.91 Å². The number of nitrogens with zero attached hydrogens (tertiary/aromatic N) is 1. The number of benzene rings is 1. The number of nitrogens with two attached hydrogens (primary N) is 1. The predicted molar refractivity (Wildman–Crippen MR) is 134 cm³/mol. The second-order valence-corrected chi connectivity index (χ2v) is 9.80. The molecule has 1 saturated heterocycles. The summed E-state index contributed by atoms with van der Waals surface area (Å²) in [4.78, 5) is 13.5. The molecular formula is C26H45N3O5. The van der Waals surface area contributed by atoms with E-state index in [1.165, 1.54) is 5.56 Å². The minimum absolute atomic E-state index is 0.00839. The van der Waals surface area contributed by atoms with Crippen molar-refractivity contribution in [3.63, 3.8) is 0 Å². The van der Waals surface area contributed by atoms with Crippen LogP contribution in [0.2, 0.25) is 0 Å². The second-order valence-electron chi connectivity index (χ2n) is 9.80. The van der Waals surface area contributed by atoms with Gasteiger partial charge in [0, 0.05) is 58.8 Å². The maximum Gasteiger partial charge on any atom is 0.217 e. The van der Waals surface area contributed by atoms with Gasteiger partial charge in [0.15, 0.2) is 11.5 Å². The van der Waals surface area contributed by atoms with E-state index < -0.39 is 6.10 Å². The molecule has 1 aliphatic rings. The average Bonchev–Trinajstić information content (AvgIpc) is 3.22. The fourth-order valence-corrected chi connectivity index (χ4v) is 4.55. The maximum absolute atomic E-state index is 11.3. The van der Waals surface area contributed by atoms with E-state index in [1.807, 2.05) is 6.07 Å². The Labute approximate surface area is 205 Å². The van der Waals surface area contributed by atoms with Crippen molar-refractivity contribution in [2.24, 2.45) is 17.6 Å². The molecule has 8 nitrogen and oxygen atoms in total. The molecule has 1 amide bonds. The highest BCUT2D eigenvalue weighted by molar-refractivity contribution is 5.73. The number of aliphatic hydroxyl groups is 1. The number of nitrogens with one attached hydrogen (secondary N) is 1. The lowest BCUT2D eigenvalue weighted by molar-refractivity contribution is -0.119. The molecule has 4 atom stereocenters. The topological polar surface area (TPSA) is 106 Å². The van der Waals surface area contributed by atoms with Crippen molar-refractivity contribution in [3.05, 3.63) is 23.8 Å². The van der Waals surface area contributed by atoms with E-state index in [-0.39, 0.29) is 18.0 Å². The van der Waals surface area contributed by atoms with E-state index in [9.17, 15) is 9.90 Å². The molecule has 194 valence electrons. The Balaban J connectivity index is 1.93. The zero-order valence-corrected chi connectivity index (χ0v) is 21.6. The minimum atomic E-state index is -0.604. The number of carbonyl (C=O) groups excluding carboxylic acids is 1. The third-order valence-corrected chi connectivity index (χ3v) is 6.61. The van der Waals surface area contributed by atoms with E-state index in [2.05, 4.69) is 36.2 Å². The van der Waals surface area contributed by atoms with Gasteiger partial charge in [0.1, 0.15) is 0 Å². The van der Waals surface area contributed by atoms with Crippen molar-refractivity contribution in [1.29, 1.82) is 0 Å². The van der Waals surface area contributed by atoms with Crippen LogP contribution in [0.5, 0.6) is 11.5 Å². The highest BCUT2D eigenvalue weighted by Gasteiger charge is 2.28. The molecule has 0 spiro atoms. The molecule has 34 heavy (non-hydrogen) atoms. The van der Waals surface area contributed by atoms with Gasteiger partial charge in [0.2, 0.25) is 5.91 Å². The molecule has 0 saturated carbocycles. The molecule has 0 bridgehead atoms. The highest BCUT2D eigenvalue weighted by Crippen LogP contribution is 2.31. The first kappa shape index (κ1) is 28.4. The molecular weight excluding hydrogens is 434 g/mol. The number of rotatable bonds is 15. The first-order valence-corrected chi connectivity index (χ1v) is 12.4. The fraction of sp³-hybridized carbons (Fsp3) is 0.731. The van der Waals surface area contributed by atoms with Gasteiger partial charge < -0.3 is 30.4 Å². The summed E-state index contributed by atoms with van der Waals surface area (Å²) in [7, 11) is 3.33. The van der Waals surface area contributed by atoms with Gasteiger partial charge in [-0.1, -0.05) is 19.9 Å². The van der Waals surface area contributed by atoms with Crippen LogP contribution in [0.15, 0.2) is 18.2 Å². The van der Waals surface area contributed by atoms with Crippen LogP contribution in [0.1, 0.15) is 45.6 Å². The van der Waals surface area contributed by atoms with Gasteiger partial charge in [-0.25, -0.2) is 0 Å². The summed E-state index contributed by atoms with van der Waals surface area (Å²) >= 11 is 0. The summed E-state index contributed by atoms with van der Waals surface area (Å²) in [6, 6.07) is 5.92. The summed E-state index contributed by atoms with van der Waals surface area (Å²) in [5, 5.41) is 13.8. The number of ether oxygens (including phenoxy) is 3. The molecule has 1 fully saturated rings. The number of likely N-dealkylation sites (tertiary alicyclic amines) is 1. The Hall–Kier alpha value is -1.87.